The SMILES string of the molecule is COc1cc(Oc2ccc3c(c2)cc(N)n3C)cc(OC)c1O. The van der Waals surface area contributed by atoms with Crippen LogP contribution in [0.1, 0.15) is 0 Å². The topological polar surface area (TPSA) is 78.9 Å². The maximum absolute atomic E-state index is 9.93. The highest BCUT2D eigenvalue weighted by molar-refractivity contribution is 5.85. The largest absolute Gasteiger partial charge is 0.502 e. The van der Waals surface area contributed by atoms with E-state index >= 15 is 0 Å². The molecule has 0 amide bonds. The summed E-state index contributed by atoms with van der Waals surface area (Å²) in [6.07, 6.45) is 0. The number of aromatic nitrogens is 1. The van der Waals surface area contributed by atoms with Crippen molar-refractivity contribution in [3.8, 4) is 28.7 Å². The zero-order valence-electron chi connectivity index (χ0n) is 13.2. The number of benzene rings is 2. The van der Waals surface area contributed by atoms with Crippen molar-refractivity contribution in [1.29, 1.82) is 0 Å². The van der Waals surface area contributed by atoms with Crippen LogP contribution in [0.15, 0.2) is 36.4 Å². The minimum absolute atomic E-state index is 0.0614. The normalized spacial score (nSPS) is 10.7. The second kappa shape index (κ2) is 5.64. The first-order valence-corrected chi connectivity index (χ1v) is 7.01. The molecule has 0 radical (unpaired) electrons. The first-order valence-electron chi connectivity index (χ1n) is 7.01. The van der Waals surface area contributed by atoms with E-state index in [0.717, 1.165) is 10.9 Å². The summed E-state index contributed by atoms with van der Waals surface area (Å²) in [6.45, 7) is 0. The lowest BCUT2D eigenvalue weighted by Gasteiger charge is -2.12. The van der Waals surface area contributed by atoms with Crippen LogP contribution < -0.4 is 19.9 Å². The molecule has 1 heterocycles. The number of methoxy groups -OCH3 is 2. The maximum atomic E-state index is 9.93. The summed E-state index contributed by atoms with van der Waals surface area (Å²) in [5.74, 6) is 2.34. The predicted molar refractivity (Wildman–Crippen MR) is 88.6 cm³/mol. The van der Waals surface area contributed by atoms with Gasteiger partial charge >= 0.3 is 0 Å². The van der Waals surface area contributed by atoms with Crippen LogP contribution in [0, 0.1) is 0 Å². The number of nitrogens with two attached hydrogens (primary N) is 1. The first-order chi connectivity index (χ1) is 11.0. The molecule has 0 saturated carbocycles. The smallest absolute Gasteiger partial charge is 0.201 e. The van der Waals surface area contributed by atoms with Gasteiger partial charge in [-0.2, -0.15) is 0 Å². The molecule has 3 rings (SSSR count). The highest BCUT2D eigenvalue weighted by Gasteiger charge is 2.13. The molecular weight excluding hydrogens is 296 g/mol. The van der Waals surface area contributed by atoms with Gasteiger partial charge < -0.3 is 29.6 Å². The summed E-state index contributed by atoms with van der Waals surface area (Å²) in [6, 6.07) is 10.8. The number of aryl methyl sites for hydroxylation is 1. The van der Waals surface area contributed by atoms with Crippen LogP contribution in [0.25, 0.3) is 10.9 Å². The molecule has 6 nitrogen and oxygen atoms in total. The molecule has 0 fully saturated rings. The lowest BCUT2D eigenvalue weighted by molar-refractivity contribution is 0.335. The van der Waals surface area contributed by atoms with E-state index in [4.69, 9.17) is 19.9 Å². The van der Waals surface area contributed by atoms with Crippen molar-refractivity contribution >= 4 is 16.7 Å². The molecule has 0 saturated heterocycles. The Balaban J connectivity index is 1.98. The van der Waals surface area contributed by atoms with Crippen LogP contribution in [0.5, 0.6) is 28.7 Å². The third kappa shape index (κ3) is 2.59. The van der Waals surface area contributed by atoms with E-state index in [0.29, 0.717) is 17.3 Å². The van der Waals surface area contributed by atoms with E-state index in [9.17, 15) is 5.11 Å². The number of aromatic hydroxyl groups is 1. The molecule has 0 aliphatic carbocycles. The van der Waals surface area contributed by atoms with Crippen molar-refractivity contribution in [2.45, 2.75) is 0 Å². The molecule has 0 bridgehead atoms. The fourth-order valence-electron chi connectivity index (χ4n) is 2.48. The molecule has 0 aliphatic rings. The highest BCUT2D eigenvalue weighted by atomic mass is 16.5. The van der Waals surface area contributed by atoms with Crippen molar-refractivity contribution < 1.29 is 19.3 Å². The summed E-state index contributed by atoms with van der Waals surface area (Å²) in [5.41, 5.74) is 6.93. The molecule has 0 spiro atoms. The van der Waals surface area contributed by atoms with Crippen molar-refractivity contribution in [3.05, 3.63) is 36.4 Å². The number of fused-ring (bicyclic) bond motifs is 1. The molecular formula is C17H18N2O4. The standard InChI is InChI=1S/C17H18N2O4/c1-19-13-5-4-11(6-10(13)7-16(19)18)23-12-8-14(21-2)17(20)15(9-12)22-3/h4-9,20H,18H2,1-3H3. The van der Waals surface area contributed by atoms with Gasteiger partial charge in [-0.25, -0.2) is 0 Å². The third-order valence-electron chi connectivity index (χ3n) is 3.74. The van der Waals surface area contributed by atoms with Crippen LogP contribution in [0.3, 0.4) is 0 Å². The quantitative estimate of drug-likeness (QED) is 0.772. The monoisotopic (exact) mass is 314 g/mol. The Kier molecular flexibility index (Phi) is 3.65. The van der Waals surface area contributed by atoms with Gasteiger partial charge in [0, 0.05) is 30.1 Å². The molecule has 3 aromatic rings. The van der Waals surface area contributed by atoms with Crippen LogP contribution in [0.2, 0.25) is 0 Å². The minimum atomic E-state index is -0.0614. The Morgan fingerprint density at radius 3 is 2.22 bits per heavy atom. The lowest BCUT2D eigenvalue weighted by Crippen LogP contribution is -1.94. The van der Waals surface area contributed by atoms with Crippen LogP contribution >= 0.6 is 0 Å². The number of phenolic OH excluding ortho intramolecular Hbond substituents is 1. The number of nitrogen functional groups attached to an aromatic ring is 1. The van der Waals surface area contributed by atoms with Crippen LogP contribution in [-0.2, 0) is 7.05 Å². The van der Waals surface area contributed by atoms with Crippen molar-refractivity contribution in [2.24, 2.45) is 7.05 Å². The maximum Gasteiger partial charge on any atom is 0.201 e. The van der Waals surface area contributed by atoms with Gasteiger partial charge in [-0.1, -0.05) is 0 Å². The first kappa shape index (κ1) is 14.9. The molecule has 0 unspecified atom stereocenters. The van der Waals surface area contributed by atoms with E-state index in [-0.39, 0.29) is 17.2 Å². The summed E-state index contributed by atoms with van der Waals surface area (Å²) in [5, 5.41) is 10.9. The lowest BCUT2D eigenvalue weighted by atomic mass is 10.2. The molecule has 23 heavy (non-hydrogen) atoms. The zero-order chi connectivity index (χ0) is 16.6. The summed E-state index contributed by atoms with van der Waals surface area (Å²) in [4.78, 5) is 0. The molecule has 120 valence electrons. The Labute approximate surface area is 133 Å². The number of ether oxygens (including phenoxy) is 3. The minimum Gasteiger partial charge on any atom is -0.502 e. The Morgan fingerprint density at radius 2 is 1.61 bits per heavy atom. The van der Waals surface area contributed by atoms with Crippen LogP contribution in [-0.4, -0.2) is 23.9 Å². The van der Waals surface area contributed by atoms with E-state index in [1.165, 1.54) is 14.2 Å². The zero-order valence-corrected chi connectivity index (χ0v) is 13.2. The van der Waals surface area contributed by atoms with Crippen molar-refractivity contribution in [1.82, 2.24) is 4.57 Å². The fraction of sp³-hybridized carbons (Fsp3) is 0.176. The summed E-state index contributed by atoms with van der Waals surface area (Å²) < 4.78 is 18.0. The van der Waals surface area contributed by atoms with E-state index in [2.05, 4.69) is 0 Å². The average molecular weight is 314 g/mol. The molecule has 2 aromatic carbocycles. The molecule has 0 atom stereocenters. The van der Waals surface area contributed by atoms with Gasteiger partial charge in [-0.3, -0.25) is 0 Å². The second-order valence-corrected chi connectivity index (χ2v) is 5.13. The van der Waals surface area contributed by atoms with Gasteiger partial charge in [0.1, 0.15) is 17.3 Å². The van der Waals surface area contributed by atoms with Gasteiger partial charge in [0.2, 0.25) is 5.75 Å². The Hall–Kier alpha value is -3.02. The number of rotatable bonds is 4. The molecule has 6 heteroatoms. The fourth-order valence-corrected chi connectivity index (χ4v) is 2.48. The molecule has 1 aromatic heterocycles. The van der Waals surface area contributed by atoms with Gasteiger partial charge in [-0.15, -0.1) is 0 Å². The van der Waals surface area contributed by atoms with E-state index < -0.39 is 0 Å². The Bertz CT molecular complexity index is 845. The van der Waals surface area contributed by atoms with Crippen molar-refractivity contribution in [3.63, 3.8) is 0 Å². The number of nitrogens with zero attached hydrogens (tertiary/aromatic N) is 1. The average Bonchev–Trinajstić information content (AvgIpc) is 2.83. The predicted octanol–water partition coefficient (Wildman–Crippen LogP) is 3.28. The van der Waals surface area contributed by atoms with Gasteiger partial charge in [0.15, 0.2) is 11.5 Å². The number of hydrogen-bond donors (Lipinski definition) is 2. The number of hydrogen-bond acceptors (Lipinski definition) is 5. The second-order valence-electron chi connectivity index (χ2n) is 5.13. The Morgan fingerprint density at radius 1 is 0.957 bits per heavy atom. The summed E-state index contributed by atoms with van der Waals surface area (Å²) >= 11 is 0. The highest BCUT2D eigenvalue weighted by Crippen LogP contribution is 2.41. The van der Waals surface area contributed by atoms with E-state index in [1.807, 2.05) is 35.9 Å². The van der Waals surface area contributed by atoms with Gasteiger partial charge in [-0.05, 0) is 24.3 Å². The van der Waals surface area contributed by atoms with Crippen molar-refractivity contribution in [2.75, 3.05) is 20.0 Å². The van der Waals surface area contributed by atoms with Crippen LogP contribution in [0.4, 0.5) is 5.82 Å². The molecule has 0 aliphatic heterocycles. The third-order valence-corrected chi connectivity index (χ3v) is 3.74. The van der Waals surface area contributed by atoms with Gasteiger partial charge in [0.25, 0.3) is 0 Å². The number of anilines is 1. The number of phenols is 1. The summed E-state index contributed by atoms with van der Waals surface area (Å²) in [7, 11) is 4.85. The van der Waals surface area contributed by atoms with Gasteiger partial charge in [0.05, 0.1) is 14.2 Å². The van der Waals surface area contributed by atoms with E-state index in [1.54, 1.807) is 12.1 Å². The molecule has 3 N–H and O–H groups in total.